The number of hydrogen-bond donors (Lipinski definition) is 0. The molecular formula is C29H34F4O2. The Kier molecular flexibility index (Phi) is 8.18. The number of hydrogen-bond acceptors (Lipinski definition) is 2. The Morgan fingerprint density at radius 1 is 0.771 bits per heavy atom. The van der Waals surface area contributed by atoms with E-state index in [9.17, 15) is 22.4 Å². The quantitative estimate of drug-likeness (QED) is 0.300. The molecule has 6 heteroatoms. The van der Waals surface area contributed by atoms with Crippen LogP contribution in [0.1, 0.15) is 110 Å². The van der Waals surface area contributed by atoms with E-state index in [2.05, 4.69) is 6.92 Å². The predicted molar refractivity (Wildman–Crippen MR) is 127 cm³/mol. The minimum absolute atomic E-state index is 0.0232. The van der Waals surface area contributed by atoms with Gasteiger partial charge < -0.3 is 4.74 Å². The Bertz CT molecular complexity index is 1050. The second-order valence-corrected chi connectivity index (χ2v) is 10.3. The summed E-state index contributed by atoms with van der Waals surface area (Å²) in [5.74, 6) is -4.14. The van der Waals surface area contributed by atoms with E-state index in [0.717, 1.165) is 32.1 Å². The number of aryl methyl sites for hydroxylation is 1. The maximum absolute atomic E-state index is 14.9. The number of ether oxygens (including phenoxy) is 1. The maximum atomic E-state index is 14.9. The van der Waals surface area contributed by atoms with Crippen molar-refractivity contribution in [1.29, 1.82) is 0 Å². The van der Waals surface area contributed by atoms with Gasteiger partial charge in [0.1, 0.15) is 6.10 Å². The van der Waals surface area contributed by atoms with E-state index >= 15 is 0 Å². The highest BCUT2D eigenvalue weighted by atomic mass is 19.2. The van der Waals surface area contributed by atoms with Crippen molar-refractivity contribution in [3.63, 3.8) is 0 Å². The van der Waals surface area contributed by atoms with E-state index in [4.69, 9.17) is 4.74 Å². The molecule has 2 aromatic carbocycles. The summed E-state index contributed by atoms with van der Waals surface area (Å²) >= 11 is 0. The van der Waals surface area contributed by atoms with Crippen molar-refractivity contribution in [3.05, 3.63) is 69.8 Å². The van der Waals surface area contributed by atoms with Crippen LogP contribution in [-0.2, 0) is 4.74 Å². The van der Waals surface area contributed by atoms with Crippen LogP contribution in [0, 0.1) is 36.1 Å². The molecule has 0 spiro atoms. The van der Waals surface area contributed by atoms with Crippen molar-refractivity contribution < 1.29 is 27.1 Å². The van der Waals surface area contributed by atoms with Crippen molar-refractivity contribution in [2.45, 2.75) is 96.0 Å². The van der Waals surface area contributed by atoms with Gasteiger partial charge in [0.2, 0.25) is 0 Å². The van der Waals surface area contributed by atoms with Gasteiger partial charge >= 0.3 is 5.97 Å². The van der Waals surface area contributed by atoms with Crippen LogP contribution in [-0.4, -0.2) is 12.1 Å². The van der Waals surface area contributed by atoms with Crippen LogP contribution >= 0.6 is 0 Å². The van der Waals surface area contributed by atoms with Crippen molar-refractivity contribution in [2.75, 3.05) is 0 Å². The topological polar surface area (TPSA) is 26.3 Å². The molecule has 2 saturated carbocycles. The molecule has 0 aliphatic heterocycles. The van der Waals surface area contributed by atoms with E-state index in [0.29, 0.717) is 42.7 Å². The lowest BCUT2D eigenvalue weighted by Crippen LogP contribution is -2.25. The molecule has 2 fully saturated rings. The smallest absolute Gasteiger partial charge is 0.341 e. The molecule has 2 aliphatic rings. The first-order chi connectivity index (χ1) is 16.8. The second-order valence-electron chi connectivity index (χ2n) is 10.3. The van der Waals surface area contributed by atoms with Gasteiger partial charge in [-0.1, -0.05) is 38.0 Å². The van der Waals surface area contributed by atoms with E-state index in [1.807, 2.05) is 0 Å². The third-order valence-electron chi connectivity index (χ3n) is 8.01. The molecule has 0 aromatic heterocycles. The second kappa shape index (κ2) is 11.1. The van der Waals surface area contributed by atoms with Crippen LogP contribution in [0.2, 0.25) is 0 Å². The molecular weight excluding hydrogens is 456 g/mol. The molecule has 0 saturated heterocycles. The lowest BCUT2D eigenvalue weighted by atomic mass is 9.77. The Morgan fingerprint density at radius 3 is 1.91 bits per heavy atom. The zero-order valence-corrected chi connectivity index (χ0v) is 20.5. The number of rotatable bonds is 6. The third-order valence-corrected chi connectivity index (χ3v) is 8.01. The van der Waals surface area contributed by atoms with Crippen LogP contribution in [0.15, 0.2) is 24.3 Å². The van der Waals surface area contributed by atoms with Gasteiger partial charge in [-0.15, -0.1) is 0 Å². The fraction of sp³-hybridized carbons (Fsp3) is 0.552. The number of halogens is 4. The maximum Gasteiger partial charge on any atom is 0.341 e. The minimum Gasteiger partial charge on any atom is -0.459 e. The molecule has 2 aromatic rings. The van der Waals surface area contributed by atoms with Crippen LogP contribution in [0.25, 0.3) is 0 Å². The minimum atomic E-state index is -1.14. The summed E-state index contributed by atoms with van der Waals surface area (Å²) in [6.45, 7) is 3.68. The van der Waals surface area contributed by atoms with Gasteiger partial charge in [-0.3, -0.25) is 0 Å². The number of benzene rings is 2. The van der Waals surface area contributed by atoms with Gasteiger partial charge in [0, 0.05) is 0 Å². The van der Waals surface area contributed by atoms with Crippen LogP contribution in [0.3, 0.4) is 0 Å². The Hall–Kier alpha value is -2.37. The molecule has 0 radical (unpaired) electrons. The first kappa shape index (κ1) is 25.7. The highest BCUT2D eigenvalue weighted by molar-refractivity contribution is 5.90. The molecule has 2 nitrogen and oxygen atoms in total. The van der Waals surface area contributed by atoms with E-state index in [1.165, 1.54) is 25.5 Å². The number of carbonyl (C=O) groups excluding carboxylic acids is 1. The highest BCUT2D eigenvalue weighted by Crippen LogP contribution is 2.40. The molecule has 0 heterocycles. The van der Waals surface area contributed by atoms with Crippen molar-refractivity contribution in [2.24, 2.45) is 5.92 Å². The van der Waals surface area contributed by atoms with Crippen LogP contribution in [0.4, 0.5) is 17.6 Å². The van der Waals surface area contributed by atoms with Crippen LogP contribution < -0.4 is 0 Å². The molecule has 0 atom stereocenters. The largest absolute Gasteiger partial charge is 0.459 e. The van der Waals surface area contributed by atoms with Crippen molar-refractivity contribution >= 4 is 5.97 Å². The van der Waals surface area contributed by atoms with Gasteiger partial charge in [-0.25, -0.2) is 22.4 Å². The Balaban J connectivity index is 1.36. The van der Waals surface area contributed by atoms with Gasteiger partial charge in [-0.05, 0) is 98.8 Å². The summed E-state index contributed by atoms with van der Waals surface area (Å²) in [6, 6.07) is 6.05. The highest BCUT2D eigenvalue weighted by Gasteiger charge is 2.31. The van der Waals surface area contributed by atoms with Crippen LogP contribution in [0.5, 0.6) is 0 Å². The van der Waals surface area contributed by atoms with E-state index in [1.54, 1.807) is 12.1 Å². The van der Waals surface area contributed by atoms with E-state index in [-0.39, 0.29) is 23.0 Å². The Morgan fingerprint density at radius 2 is 1.31 bits per heavy atom. The van der Waals surface area contributed by atoms with Gasteiger partial charge in [0.15, 0.2) is 23.3 Å². The van der Waals surface area contributed by atoms with E-state index < -0.39 is 35.3 Å². The summed E-state index contributed by atoms with van der Waals surface area (Å²) in [5.41, 5.74) is 0.560. The summed E-state index contributed by atoms with van der Waals surface area (Å²) in [5, 5.41) is 0. The number of carbonyl (C=O) groups is 1. The zero-order valence-electron chi connectivity index (χ0n) is 20.5. The zero-order chi connectivity index (χ0) is 25.1. The molecule has 0 bridgehead atoms. The van der Waals surface area contributed by atoms with Gasteiger partial charge in [0.25, 0.3) is 0 Å². The fourth-order valence-corrected chi connectivity index (χ4v) is 5.89. The summed E-state index contributed by atoms with van der Waals surface area (Å²) in [4.78, 5) is 12.6. The normalized spacial score (nSPS) is 24.9. The van der Waals surface area contributed by atoms with Gasteiger partial charge in [-0.2, -0.15) is 0 Å². The molecule has 35 heavy (non-hydrogen) atoms. The molecule has 190 valence electrons. The Labute approximate surface area is 205 Å². The molecule has 2 aliphatic carbocycles. The monoisotopic (exact) mass is 490 g/mol. The molecule has 0 unspecified atom stereocenters. The van der Waals surface area contributed by atoms with Crippen molar-refractivity contribution in [1.82, 2.24) is 0 Å². The summed E-state index contributed by atoms with van der Waals surface area (Å²) < 4.78 is 63.5. The third kappa shape index (κ3) is 5.57. The first-order valence-electron chi connectivity index (χ1n) is 12.9. The molecule has 0 N–H and O–H groups in total. The van der Waals surface area contributed by atoms with Crippen molar-refractivity contribution in [3.8, 4) is 0 Å². The lowest BCUT2D eigenvalue weighted by Gasteiger charge is -2.29. The first-order valence-corrected chi connectivity index (χ1v) is 12.9. The number of esters is 1. The summed E-state index contributed by atoms with van der Waals surface area (Å²) in [6.07, 6.45) is 7.50. The average Bonchev–Trinajstić information content (AvgIpc) is 2.86. The average molecular weight is 491 g/mol. The lowest BCUT2D eigenvalue weighted by molar-refractivity contribution is 0.0188. The SMILES string of the molecule is CCCC1CCC(c2ccc(C(=O)OC3CCC(c4ccc(C)c(F)c4F)CC3)c(F)c2F)CC1. The molecule has 4 rings (SSSR count). The van der Waals surface area contributed by atoms with Gasteiger partial charge in [0.05, 0.1) is 5.56 Å². The molecule has 0 amide bonds. The summed E-state index contributed by atoms with van der Waals surface area (Å²) in [7, 11) is 0. The fourth-order valence-electron chi connectivity index (χ4n) is 5.89. The predicted octanol–water partition coefficient (Wildman–Crippen LogP) is 8.51. The standard InChI is InChI=1S/C29H34F4O2/c1-3-4-18-6-8-19(9-7-18)23-15-16-24(28(33)27(23)32)29(34)35-21-12-10-20(11-13-21)22-14-5-17(2)25(30)26(22)31/h5,14-16,18-21H,3-4,6-13H2,1-2H3.